The largest absolute Gasteiger partial charge is 0.490 e. The molecule has 1 fully saturated rings. The highest BCUT2D eigenvalue weighted by Gasteiger charge is 2.24. The molecular weight excluding hydrogens is 250 g/mol. The first-order valence-corrected chi connectivity index (χ1v) is 7.79. The summed E-state index contributed by atoms with van der Waals surface area (Å²) in [7, 11) is 0. The first kappa shape index (κ1) is 15.3. The van der Waals surface area contributed by atoms with Gasteiger partial charge in [-0.3, -0.25) is 0 Å². The zero-order chi connectivity index (χ0) is 14.5. The van der Waals surface area contributed by atoms with Gasteiger partial charge in [0.15, 0.2) is 0 Å². The number of hydrogen-bond acceptors (Lipinski definition) is 2. The maximum Gasteiger partial charge on any atom is 0.137 e. The summed E-state index contributed by atoms with van der Waals surface area (Å²) in [5.41, 5.74) is 2.39. The number of ether oxygens (including phenoxy) is 1. The van der Waals surface area contributed by atoms with Crippen LogP contribution in [0.1, 0.15) is 37.3 Å². The van der Waals surface area contributed by atoms with Crippen LogP contribution in [0.15, 0.2) is 18.2 Å². The van der Waals surface area contributed by atoms with Gasteiger partial charge >= 0.3 is 0 Å². The van der Waals surface area contributed by atoms with E-state index in [1.54, 1.807) is 0 Å². The van der Waals surface area contributed by atoms with Gasteiger partial charge in [-0.1, -0.05) is 12.1 Å². The molecule has 2 rings (SSSR count). The fraction of sp³-hybridized carbons (Fsp3) is 0.647. The van der Waals surface area contributed by atoms with E-state index in [0.717, 1.165) is 12.3 Å². The van der Waals surface area contributed by atoms with Gasteiger partial charge in [0.2, 0.25) is 0 Å². The standard InChI is InChI=1S/C17H27NO2/c1-13-7-6-9-17(15(13)3)20-12-16(19)11-18-10-5-4-8-14(18)2/h6-7,9,14,16,19H,4-5,8,10-12H2,1-3H3/p+1/t14-,16-/m0/s1. The highest BCUT2D eigenvalue weighted by Crippen LogP contribution is 2.20. The number of rotatable bonds is 5. The quantitative estimate of drug-likeness (QED) is 0.856. The summed E-state index contributed by atoms with van der Waals surface area (Å²) in [4.78, 5) is 1.52. The first-order chi connectivity index (χ1) is 9.58. The summed E-state index contributed by atoms with van der Waals surface area (Å²) in [5.74, 6) is 0.894. The fourth-order valence-electron chi connectivity index (χ4n) is 2.98. The lowest BCUT2D eigenvalue weighted by molar-refractivity contribution is -0.931. The van der Waals surface area contributed by atoms with E-state index in [2.05, 4.69) is 26.8 Å². The van der Waals surface area contributed by atoms with E-state index in [1.165, 1.54) is 41.8 Å². The third-order valence-electron chi connectivity index (χ3n) is 4.57. The summed E-state index contributed by atoms with van der Waals surface area (Å²) in [6, 6.07) is 6.73. The topological polar surface area (TPSA) is 33.9 Å². The van der Waals surface area contributed by atoms with E-state index < -0.39 is 0 Å². The van der Waals surface area contributed by atoms with Crippen molar-refractivity contribution in [3.05, 3.63) is 29.3 Å². The van der Waals surface area contributed by atoms with Crippen LogP contribution >= 0.6 is 0 Å². The molecule has 0 bridgehead atoms. The Morgan fingerprint density at radius 3 is 2.90 bits per heavy atom. The van der Waals surface area contributed by atoms with Crippen molar-refractivity contribution in [2.75, 3.05) is 19.7 Å². The van der Waals surface area contributed by atoms with Gasteiger partial charge in [-0.2, -0.15) is 0 Å². The molecule has 0 saturated carbocycles. The number of likely N-dealkylation sites (tertiary alicyclic amines) is 1. The first-order valence-electron chi connectivity index (χ1n) is 7.79. The average molecular weight is 278 g/mol. The van der Waals surface area contributed by atoms with Gasteiger partial charge < -0.3 is 14.7 Å². The van der Waals surface area contributed by atoms with Crippen LogP contribution in [-0.4, -0.2) is 36.9 Å². The number of hydrogen-bond donors (Lipinski definition) is 2. The van der Waals surface area contributed by atoms with Gasteiger partial charge in [0.1, 0.15) is 25.0 Å². The number of aliphatic hydroxyl groups is 1. The van der Waals surface area contributed by atoms with Crippen LogP contribution in [0.25, 0.3) is 0 Å². The van der Waals surface area contributed by atoms with Crippen molar-refractivity contribution in [2.45, 2.75) is 52.2 Å². The van der Waals surface area contributed by atoms with Gasteiger partial charge in [-0.15, -0.1) is 0 Å². The van der Waals surface area contributed by atoms with E-state index in [0.29, 0.717) is 12.6 Å². The summed E-state index contributed by atoms with van der Waals surface area (Å²) in [6.45, 7) is 8.80. The highest BCUT2D eigenvalue weighted by molar-refractivity contribution is 5.38. The lowest BCUT2D eigenvalue weighted by Crippen LogP contribution is -3.17. The monoisotopic (exact) mass is 278 g/mol. The van der Waals surface area contributed by atoms with Gasteiger partial charge in [0.05, 0.1) is 12.6 Å². The molecule has 1 saturated heterocycles. The third kappa shape index (κ3) is 3.97. The second-order valence-electron chi connectivity index (χ2n) is 6.17. The molecule has 1 aliphatic rings. The molecule has 1 unspecified atom stereocenters. The average Bonchev–Trinajstić information content (AvgIpc) is 2.43. The minimum atomic E-state index is -0.384. The second kappa shape index (κ2) is 7.09. The minimum absolute atomic E-state index is 0.384. The normalized spacial score (nSPS) is 24.4. The molecule has 3 nitrogen and oxygen atoms in total. The molecule has 0 amide bonds. The highest BCUT2D eigenvalue weighted by atomic mass is 16.5. The van der Waals surface area contributed by atoms with Crippen LogP contribution in [0.5, 0.6) is 5.75 Å². The molecule has 1 aromatic carbocycles. The Kier molecular flexibility index (Phi) is 5.44. The predicted molar refractivity (Wildman–Crippen MR) is 81.4 cm³/mol. The molecule has 0 spiro atoms. The van der Waals surface area contributed by atoms with Crippen LogP contribution in [0.4, 0.5) is 0 Å². The number of nitrogens with one attached hydrogen (secondary N) is 1. The Labute approximate surface area is 122 Å². The van der Waals surface area contributed by atoms with E-state index >= 15 is 0 Å². The molecule has 3 atom stereocenters. The molecule has 1 aromatic rings. The Morgan fingerprint density at radius 2 is 2.15 bits per heavy atom. The van der Waals surface area contributed by atoms with Crippen molar-refractivity contribution in [3.8, 4) is 5.75 Å². The molecule has 0 radical (unpaired) electrons. The van der Waals surface area contributed by atoms with Crippen LogP contribution in [0.3, 0.4) is 0 Å². The van der Waals surface area contributed by atoms with Crippen LogP contribution in [0.2, 0.25) is 0 Å². The number of piperidine rings is 1. The molecular formula is C17H28NO2+. The van der Waals surface area contributed by atoms with Crippen molar-refractivity contribution >= 4 is 0 Å². The van der Waals surface area contributed by atoms with Crippen LogP contribution < -0.4 is 9.64 Å². The number of aryl methyl sites for hydroxylation is 1. The smallest absolute Gasteiger partial charge is 0.137 e. The van der Waals surface area contributed by atoms with Crippen LogP contribution in [-0.2, 0) is 0 Å². The molecule has 2 N–H and O–H groups in total. The molecule has 1 aliphatic heterocycles. The summed E-state index contributed by atoms with van der Waals surface area (Å²) >= 11 is 0. The lowest BCUT2D eigenvalue weighted by atomic mass is 10.0. The number of aliphatic hydroxyl groups excluding tert-OH is 1. The Bertz CT molecular complexity index is 433. The molecule has 0 aliphatic carbocycles. The summed E-state index contributed by atoms with van der Waals surface area (Å²) in [6.07, 6.45) is 3.51. The molecule has 1 heterocycles. The van der Waals surface area contributed by atoms with Crippen molar-refractivity contribution < 1.29 is 14.7 Å². The SMILES string of the molecule is Cc1cccc(OC[C@@H](O)C[NH+]2CCCC[C@@H]2C)c1C. The van der Waals surface area contributed by atoms with E-state index in [4.69, 9.17) is 4.74 Å². The van der Waals surface area contributed by atoms with Crippen molar-refractivity contribution in [2.24, 2.45) is 0 Å². The second-order valence-corrected chi connectivity index (χ2v) is 6.17. The number of quaternary nitrogens is 1. The lowest BCUT2D eigenvalue weighted by Gasteiger charge is -2.31. The van der Waals surface area contributed by atoms with Gasteiger partial charge in [-0.05, 0) is 57.2 Å². The van der Waals surface area contributed by atoms with Crippen LogP contribution in [0, 0.1) is 13.8 Å². The van der Waals surface area contributed by atoms with Gasteiger partial charge in [0.25, 0.3) is 0 Å². The van der Waals surface area contributed by atoms with E-state index in [1.807, 2.05) is 12.1 Å². The zero-order valence-electron chi connectivity index (χ0n) is 13.0. The fourth-order valence-corrected chi connectivity index (χ4v) is 2.98. The Balaban J connectivity index is 1.82. The molecule has 112 valence electrons. The number of benzene rings is 1. The molecule has 3 heteroatoms. The Morgan fingerprint density at radius 1 is 1.35 bits per heavy atom. The molecule has 0 aromatic heterocycles. The summed E-state index contributed by atoms with van der Waals surface area (Å²) < 4.78 is 5.79. The Hall–Kier alpha value is -1.06. The summed E-state index contributed by atoms with van der Waals surface area (Å²) in [5, 5.41) is 10.2. The maximum atomic E-state index is 10.2. The zero-order valence-corrected chi connectivity index (χ0v) is 13.0. The van der Waals surface area contributed by atoms with Crippen molar-refractivity contribution in [3.63, 3.8) is 0 Å². The van der Waals surface area contributed by atoms with E-state index in [9.17, 15) is 5.11 Å². The van der Waals surface area contributed by atoms with E-state index in [-0.39, 0.29) is 6.10 Å². The van der Waals surface area contributed by atoms with Gasteiger partial charge in [0, 0.05) is 0 Å². The molecule has 20 heavy (non-hydrogen) atoms. The minimum Gasteiger partial charge on any atom is -0.490 e. The van der Waals surface area contributed by atoms with Gasteiger partial charge in [-0.25, -0.2) is 0 Å². The maximum absolute atomic E-state index is 10.2. The van der Waals surface area contributed by atoms with Crippen molar-refractivity contribution in [1.29, 1.82) is 0 Å². The third-order valence-corrected chi connectivity index (χ3v) is 4.57. The van der Waals surface area contributed by atoms with Crippen molar-refractivity contribution in [1.82, 2.24) is 0 Å². The predicted octanol–water partition coefficient (Wildman–Crippen LogP) is 1.50.